The first-order valence-corrected chi connectivity index (χ1v) is 12.7. The molecule has 4 aromatic rings. The first-order valence-electron chi connectivity index (χ1n) is 11.3. The lowest BCUT2D eigenvalue weighted by Crippen LogP contribution is -2.35. The number of carbonyl (C=O) groups is 1. The van der Waals surface area contributed by atoms with E-state index in [1.54, 1.807) is 72.8 Å². The Morgan fingerprint density at radius 1 is 0.857 bits per heavy atom. The van der Waals surface area contributed by atoms with Crippen molar-refractivity contribution in [2.75, 3.05) is 9.62 Å². The molecule has 0 bridgehead atoms. The highest BCUT2D eigenvalue weighted by Gasteiger charge is 2.36. The molecule has 7 heteroatoms. The van der Waals surface area contributed by atoms with Crippen LogP contribution in [0.5, 0.6) is 11.5 Å². The second-order valence-corrected chi connectivity index (χ2v) is 10.2. The fourth-order valence-electron chi connectivity index (χ4n) is 4.25. The van der Waals surface area contributed by atoms with Gasteiger partial charge in [-0.25, -0.2) is 8.42 Å². The number of fused-ring (bicyclic) bond motifs is 1. The zero-order valence-electron chi connectivity index (χ0n) is 19.1. The van der Waals surface area contributed by atoms with Crippen molar-refractivity contribution in [1.82, 2.24) is 0 Å². The Morgan fingerprint density at radius 3 is 2.17 bits per heavy atom. The molecule has 1 aliphatic rings. The zero-order valence-corrected chi connectivity index (χ0v) is 19.9. The summed E-state index contributed by atoms with van der Waals surface area (Å²) >= 11 is 0. The number of anilines is 2. The van der Waals surface area contributed by atoms with Crippen molar-refractivity contribution < 1.29 is 17.9 Å². The highest BCUT2D eigenvalue weighted by atomic mass is 32.2. The largest absolute Gasteiger partial charge is 0.457 e. The van der Waals surface area contributed by atoms with Gasteiger partial charge in [-0.15, -0.1) is 0 Å². The number of hydrogen-bond acceptors (Lipinski definition) is 4. The minimum atomic E-state index is -3.69. The van der Waals surface area contributed by atoms with Gasteiger partial charge in [-0.2, -0.15) is 0 Å². The molecule has 1 N–H and O–H groups in total. The number of carbonyl (C=O) groups excluding carboxylic acids is 1. The number of nitrogens with one attached hydrogen (secondary N) is 1. The van der Waals surface area contributed by atoms with Crippen LogP contribution in [0.15, 0.2) is 108 Å². The van der Waals surface area contributed by atoms with Gasteiger partial charge in [-0.1, -0.05) is 36.4 Å². The summed E-state index contributed by atoms with van der Waals surface area (Å²) in [6.07, 6.45) is 0.536. The Kier molecular flexibility index (Phi) is 6.01. The van der Waals surface area contributed by atoms with Gasteiger partial charge in [-0.05, 0) is 85.6 Å². The van der Waals surface area contributed by atoms with Gasteiger partial charge in [0.25, 0.3) is 15.9 Å². The van der Waals surface area contributed by atoms with Crippen LogP contribution in [0.3, 0.4) is 0 Å². The maximum absolute atomic E-state index is 13.2. The second-order valence-electron chi connectivity index (χ2n) is 8.40. The first-order chi connectivity index (χ1) is 16.9. The van der Waals surface area contributed by atoms with E-state index in [4.69, 9.17) is 4.74 Å². The van der Waals surface area contributed by atoms with Crippen LogP contribution in [0.4, 0.5) is 11.4 Å². The first kappa shape index (κ1) is 22.7. The second kappa shape index (κ2) is 9.27. The molecule has 35 heavy (non-hydrogen) atoms. The van der Waals surface area contributed by atoms with Gasteiger partial charge in [0, 0.05) is 17.3 Å². The zero-order chi connectivity index (χ0) is 24.4. The molecule has 1 heterocycles. The Balaban J connectivity index is 1.31. The minimum Gasteiger partial charge on any atom is -0.457 e. The van der Waals surface area contributed by atoms with E-state index in [1.807, 2.05) is 37.3 Å². The van der Waals surface area contributed by atoms with Gasteiger partial charge in [0.05, 0.1) is 10.6 Å². The molecule has 6 nitrogen and oxygen atoms in total. The number of ether oxygens (including phenoxy) is 1. The van der Waals surface area contributed by atoms with Crippen LogP contribution in [0, 0.1) is 0 Å². The van der Waals surface area contributed by atoms with Crippen LogP contribution in [0.2, 0.25) is 0 Å². The van der Waals surface area contributed by atoms with Gasteiger partial charge >= 0.3 is 0 Å². The quantitative estimate of drug-likeness (QED) is 0.371. The monoisotopic (exact) mass is 484 g/mol. The van der Waals surface area contributed by atoms with Crippen molar-refractivity contribution in [3.05, 3.63) is 114 Å². The smallest absolute Gasteiger partial charge is 0.264 e. The highest BCUT2D eigenvalue weighted by Crippen LogP contribution is 2.37. The SMILES string of the molecule is C[C@H]1Cc2cc(C(=O)Nc3ccc(Oc4ccccc4)cc3)ccc2N1S(=O)(=O)c1ccccc1. The van der Waals surface area contributed by atoms with Gasteiger partial charge in [-0.3, -0.25) is 9.10 Å². The molecule has 1 aliphatic heterocycles. The molecular weight excluding hydrogens is 460 g/mol. The molecule has 0 unspecified atom stereocenters. The van der Waals surface area contributed by atoms with Crippen LogP contribution in [-0.2, 0) is 16.4 Å². The third kappa shape index (κ3) is 4.63. The predicted octanol–water partition coefficient (Wildman–Crippen LogP) is 5.87. The van der Waals surface area contributed by atoms with Gasteiger partial charge in [0.1, 0.15) is 11.5 Å². The summed E-state index contributed by atoms with van der Waals surface area (Å²) in [6, 6.07) is 29.9. The van der Waals surface area contributed by atoms with Crippen molar-refractivity contribution in [2.24, 2.45) is 0 Å². The van der Waals surface area contributed by atoms with Crippen molar-refractivity contribution >= 4 is 27.3 Å². The van der Waals surface area contributed by atoms with E-state index in [1.165, 1.54) is 4.31 Å². The Hall–Kier alpha value is -4.10. The normalized spacial score (nSPS) is 14.9. The Bertz CT molecular complexity index is 1450. The number of sulfonamides is 1. The molecule has 0 saturated carbocycles. The van der Waals surface area contributed by atoms with E-state index in [0.717, 1.165) is 11.3 Å². The average Bonchev–Trinajstić information content (AvgIpc) is 3.22. The van der Waals surface area contributed by atoms with E-state index in [2.05, 4.69) is 5.32 Å². The molecule has 0 fully saturated rings. The number of benzene rings is 4. The summed E-state index contributed by atoms with van der Waals surface area (Å²) in [5.74, 6) is 1.14. The maximum Gasteiger partial charge on any atom is 0.264 e. The molecule has 0 aromatic heterocycles. The van der Waals surface area contributed by atoms with Crippen molar-refractivity contribution in [2.45, 2.75) is 24.3 Å². The molecule has 0 spiro atoms. The van der Waals surface area contributed by atoms with Crippen molar-refractivity contribution in [3.63, 3.8) is 0 Å². The summed E-state index contributed by atoms with van der Waals surface area (Å²) < 4.78 is 33.7. The molecule has 0 radical (unpaired) electrons. The van der Waals surface area contributed by atoms with Crippen LogP contribution in [0.25, 0.3) is 0 Å². The van der Waals surface area contributed by atoms with Gasteiger partial charge < -0.3 is 10.1 Å². The molecule has 1 amide bonds. The molecule has 0 aliphatic carbocycles. The Labute approximate surface area is 204 Å². The van der Waals surface area contributed by atoms with Crippen LogP contribution < -0.4 is 14.4 Å². The lowest BCUT2D eigenvalue weighted by molar-refractivity contribution is 0.102. The molecule has 4 aromatic carbocycles. The molecular formula is C28H24N2O4S. The van der Waals surface area contributed by atoms with Gasteiger partial charge in [0.15, 0.2) is 0 Å². The number of nitrogens with zero attached hydrogens (tertiary/aromatic N) is 1. The summed E-state index contributed by atoms with van der Waals surface area (Å²) in [5, 5.41) is 2.89. The summed E-state index contributed by atoms with van der Waals surface area (Å²) in [5.41, 5.74) is 2.55. The van der Waals surface area contributed by atoms with Gasteiger partial charge in [0.2, 0.25) is 0 Å². The van der Waals surface area contributed by atoms with E-state index < -0.39 is 10.0 Å². The Morgan fingerprint density at radius 2 is 1.49 bits per heavy atom. The topological polar surface area (TPSA) is 75.7 Å². The molecule has 1 atom stereocenters. The lowest BCUT2D eigenvalue weighted by Gasteiger charge is -2.24. The summed E-state index contributed by atoms with van der Waals surface area (Å²) in [4.78, 5) is 13.1. The van der Waals surface area contributed by atoms with E-state index in [-0.39, 0.29) is 16.8 Å². The van der Waals surface area contributed by atoms with Crippen LogP contribution in [-0.4, -0.2) is 20.4 Å². The number of para-hydroxylation sites is 1. The highest BCUT2D eigenvalue weighted by molar-refractivity contribution is 7.92. The van der Waals surface area contributed by atoms with E-state index in [9.17, 15) is 13.2 Å². The minimum absolute atomic E-state index is 0.245. The lowest BCUT2D eigenvalue weighted by atomic mass is 10.1. The summed E-state index contributed by atoms with van der Waals surface area (Å²) in [7, 11) is -3.69. The number of rotatable bonds is 6. The molecule has 176 valence electrons. The fraction of sp³-hybridized carbons (Fsp3) is 0.107. The van der Waals surface area contributed by atoms with Crippen molar-refractivity contribution in [1.29, 1.82) is 0 Å². The van der Waals surface area contributed by atoms with Crippen LogP contribution >= 0.6 is 0 Å². The van der Waals surface area contributed by atoms with Crippen LogP contribution in [0.1, 0.15) is 22.8 Å². The maximum atomic E-state index is 13.2. The molecule has 5 rings (SSSR count). The third-order valence-electron chi connectivity index (χ3n) is 5.89. The average molecular weight is 485 g/mol. The molecule has 0 saturated heterocycles. The number of amides is 1. The fourth-order valence-corrected chi connectivity index (χ4v) is 5.96. The van der Waals surface area contributed by atoms with Crippen molar-refractivity contribution in [3.8, 4) is 11.5 Å². The van der Waals surface area contributed by atoms with E-state index in [0.29, 0.717) is 29.1 Å². The third-order valence-corrected chi connectivity index (χ3v) is 7.83. The predicted molar refractivity (Wildman–Crippen MR) is 137 cm³/mol. The summed E-state index contributed by atoms with van der Waals surface area (Å²) in [6.45, 7) is 1.87. The number of hydrogen-bond donors (Lipinski definition) is 1. The van der Waals surface area contributed by atoms with E-state index >= 15 is 0 Å². The standard InChI is InChI=1S/C28H24N2O4S/c1-20-18-22-19-21(12-17-27(22)30(20)35(32,33)26-10-6-3-7-11-26)28(31)29-23-13-15-25(16-14-23)34-24-8-4-2-5-9-24/h2-17,19-20H,18H2,1H3,(H,29,31)/t20-/m0/s1.